The minimum Gasteiger partial charge on any atom is -0.470 e. The largest absolute Gasteiger partial charge is 0.470 e. The van der Waals surface area contributed by atoms with Crippen LogP contribution in [0.15, 0.2) is 52.2 Å². The second-order valence-electron chi connectivity index (χ2n) is 8.65. The molecule has 3 aromatic rings. The zero-order valence-electron chi connectivity index (χ0n) is 21.2. The zero-order valence-corrected chi connectivity index (χ0v) is 21.9. The van der Waals surface area contributed by atoms with Gasteiger partial charge in [0.15, 0.2) is 12.5 Å². The lowest BCUT2D eigenvalue weighted by atomic mass is 10.2. The first-order valence-corrected chi connectivity index (χ1v) is 12.5. The van der Waals surface area contributed by atoms with Crippen molar-refractivity contribution in [3.05, 3.63) is 58.6 Å². The predicted octanol–water partition coefficient (Wildman–Crippen LogP) is 3.88. The molecule has 4 rings (SSSR count). The molecule has 11 heteroatoms. The maximum Gasteiger partial charge on any atom is 0.181 e. The van der Waals surface area contributed by atoms with Gasteiger partial charge in [-0.1, -0.05) is 17.7 Å². The highest BCUT2D eigenvalue weighted by molar-refractivity contribution is 6.37. The maximum absolute atomic E-state index is 9.28. The Labute approximate surface area is 221 Å². The van der Waals surface area contributed by atoms with Gasteiger partial charge in [-0.2, -0.15) is 5.10 Å². The lowest BCUT2D eigenvalue weighted by Gasteiger charge is -2.35. The van der Waals surface area contributed by atoms with E-state index in [1.54, 1.807) is 0 Å². The number of anilines is 1. The van der Waals surface area contributed by atoms with Crippen LogP contribution in [0.2, 0.25) is 5.02 Å². The van der Waals surface area contributed by atoms with Crippen molar-refractivity contribution >= 4 is 47.0 Å². The second-order valence-corrected chi connectivity index (χ2v) is 9.03. The van der Waals surface area contributed by atoms with Crippen molar-refractivity contribution in [3.8, 4) is 5.75 Å². The fourth-order valence-electron chi connectivity index (χ4n) is 4.19. The van der Waals surface area contributed by atoms with Crippen LogP contribution in [0.1, 0.15) is 18.3 Å². The van der Waals surface area contributed by atoms with Gasteiger partial charge in [0, 0.05) is 61.5 Å². The summed E-state index contributed by atoms with van der Waals surface area (Å²) in [6.07, 6.45) is 5.70. The first kappa shape index (κ1) is 26.5. The van der Waals surface area contributed by atoms with E-state index >= 15 is 0 Å². The van der Waals surface area contributed by atoms with Gasteiger partial charge in [-0.05, 0) is 44.8 Å². The number of nitrogens with zero attached hydrogens (tertiary/aromatic N) is 5. The SMILES string of the molecule is C=N/C(=C\C(=N/COc1ccc2[nH]c(C)cc2c1Cl)N1CCN(CCO)CC1)Nc1cc(/C=C\C)[nH]n1. The Morgan fingerprint density at radius 3 is 2.84 bits per heavy atom. The lowest BCUT2D eigenvalue weighted by molar-refractivity contribution is 0.147. The summed E-state index contributed by atoms with van der Waals surface area (Å²) in [4.78, 5) is 16.6. The highest BCUT2D eigenvalue weighted by atomic mass is 35.5. The summed E-state index contributed by atoms with van der Waals surface area (Å²) in [5.41, 5.74) is 2.88. The monoisotopic (exact) mass is 524 g/mol. The molecule has 4 N–H and O–H groups in total. The number of aromatic amines is 2. The van der Waals surface area contributed by atoms with Gasteiger partial charge < -0.3 is 25.0 Å². The van der Waals surface area contributed by atoms with Crippen molar-refractivity contribution in [2.45, 2.75) is 13.8 Å². The van der Waals surface area contributed by atoms with Gasteiger partial charge in [-0.3, -0.25) is 10.00 Å². The predicted molar refractivity (Wildman–Crippen MR) is 151 cm³/mol. The Kier molecular flexibility index (Phi) is 8.99. The number of nitrogens with one attached hydrogen (secondary N) is 3. The van der Waals surface area contributed by atoms with Gasteiger partial charge in [0.1, 0.15) is 17.4 Å². The number of fused-ring (bicyclic) bond motifs is 1. The van der Waals surface area contributed by atoms with E-state index in [0.717, 1.165) is 48.5 Å². The highest BCUT2D eigenvalue weighted by Gasteiger charge is 2.19. The van der Waals surface area contributed by atoms with Crippen LogP contribution in [0.4, 0.5) is 5.82 Å². The van der Waals surface area contributed by atoms with Crippen molar-refractivity contribution in [2.24, 2.45) is 9.98 Å². The fourth-order valence-corrected chi connectivity index (χ4v) is 4.46. The third kappa shape index (κ3) is 6.79. The summed E-state index contributed by atoms with van der Waals surface area (Å²) in [7, 11) is 0. The number of H-pyrrole nitrogens is 2. The van der Waals surface area contributed by atoms with Crippen LogP contribution >= 0.6 is 11.6 Å². The molecule has 0 bridgehead atoms. The molecule has 10 nitrogen and oxygen atoms in total. The molecule has 0 radical (unpaired) electrons. The van der Waals surface area contributed by atoms with E-state index in [0.29, 0.717) is 34.8 Å². The third-order valence-corrected chi connectivity index (χ3v) is 6.42. The molecule has 3 heterocycles. The molecule has 0 unspecified atom stereocenters. The van der Waals surface area contributed by atoms with Crippen LogP contribution in [-0.4, -0.2) is 88.7 Å². The average molecular weight is 525 g/mol. The molecular formula is C26H33ClN8O2. The summed E-state index contributed by atoms with van der Waals surface area (Å²) in [6, 6.07) is 7.67. The molecule has 1 aliphatic rings. The number of aromatic nitrogens is 3. The first-order chi connectivity index (χ1) is 18.0. The van der Waals surface area contributed by atoms with E-state index in [1.807, 2.05) is 56.3 Å². The number of aliphatic hydroxyl groups is 1. The van der Waals surface area contributed by atoms with Gasteiger partial charge in [-0.15, -0.1) is 0 Å². The Balaban J connectivity index is 1.53. The number of halogens is 1. The minimum absolute atomic E-state index is 0.0790. The second kappa shape index (κ2) is 12.6. The number of allylic oxidation sites excluding steroid dienone is 1. The Morgan fingerprint density at radius 2 is 2.11 bits per heavy atom. The van der Waals surface area contributed by atoms with Crippen molar-refractivity contribution in [1.29, 1.82) is 0 Å². The molecular weight excluding hydrogens is 492 g/mol. The molecule has 2 aromatic heterocycles. The number of piperazine rings is 1. The van der Waals surface area contributed by atoms with Crippen molar-refractivity contribution in [2.75, 3.05) is 51.4 Å². The number of aliphatic imine (C=N–C) groups is 2. The van der Waals surface area contributed by atoms with E-state index in [-0.39, 0.29) is 13.3 Å². The zero-order chi connectivity index (χ0) is 26.2. The molecule has 196 valence electrons. The average Bonchev–Trinajstić information content (AvgIpc) is 3.51. The van der Waals surface area contributed by atoms with Crippen LogP contribution in [0, 0.1) is 6.92 Å². The normalized spacial score (nSPS) is 15.6. The number of rotatable bonds is 10. The van der Waals surface area contributed by atoms with Crippen molar-refractivity contribution in [3.63, 3.8) is 0 Å². The van der Waals surface area contributed by atoms with Gasteiger partial charge in [0.25, 0.3) is 0 Å². The number of β-amino-alcohol motifs (C(OH)–C–C–N with tert-alkyl or cyclic N) is 1. The van der Waals surface area contributed by atoms with Crippen molar-refractivity contribution in [1.82, 2.24) is 25.0 Å². The van der Waals surface area contributed by atoms with Crippen LogP contribution in [-0.2, 0) is 0 Å². The Hall–Kier alpha value is -3.60. The van der Waals surface area contributed by atoms with Gasteiger partial charge >= 0.3 is 0 Å². The molecule has 1 aliphatic heterocycles. The lowest BCUT2D eigenvalue weighted by Crippen LogP contribution is -2.49. The molecule has 1 saturated heterocycles. The number of amidine groups is 1. The highest BCUT2D eigenvalue weighted by Crippen LogP contribution is 2.33. The third-order valence-electron chi connectivity index (χ3n) is 6.03. The number of ether oxygens (including phenoxy) is 1. The quantitative estimate of drug-likeness (QED) is 0.236. The molecule has 0 saturated carbocycles. The van der Waals surface area contributed by atoms with E-state index in [1.165, 1.54) is 0 Å². The summed E-state index contributed by atoms with van der Waals surface area (Å²) >= 11 is 6.60. The van der Waals surface area contributed by atoms with E-state index < -0.39 is 0 Å². The molecule has 0 spiro atoms. The fraction of sp³-hybridized carbons (Fsp3) is 0.346. The summed E-state index contributed by atoms with van der Waals surface area (Å²) in [5, 5.41) is 21.2. The number of hydrogen-bond donors (Lipinski definition) is 4. The molecule has 0 amide bonds. The van der Waals surface area contributed by atoms with Gasteiger partial charge in [0.2, 0.25) is 0 Å². The summed E-state index contributed by atoms with van der Waals surface area (Å²) in [5.74, 6) is 2.41. The molecule has 0 atom stereocenters. The van der Waals surface area contributed by atoms with Gasteiger partial charge in [-0.25, -0.2) is 9.98 Å². The maximum atomic E-state index is 9.28. The number of benzene rings is 1. The number of aryl methyl sites for hydroxylation is 1. The summed E-state index contributed by atoms with van der Waals surface area (Å²) in [6.45, 7) is 11.7. The number of aliphatic hydroxyl groups excluding tert-OH is 1. The Morgan fingerprint density at radius 1 is 1.30 bits per heavy atom. The topological polar surface area (TPSA) is 117 Å². The minimum atomic E-state index is 0.0790. The van der Waals surface area contributed by atoms with E-state index in [9.17, 15) is 5.11 Å². The molecule has 0 aliphatic carbocycles. The van der Waals surface area contributed by atoms with Gasteiger partial charge in [0.05, 0.1) is 17.3 Å². The standard InChI is InChI=1S/C26H33ClN8O2/c1-4-5-19-15-24(33-32-19)31-23(28-3)16-25(35-10-8-34(9-11-35)12-13-36)29-17-37-22-7-6-21-20(26(22)27)14-18(2)30-21/h4-7,14-16,30,36H,3,8-13,17H2,1-2H3,(H2,31,32,33)/b5-4-,23-16+,29-25+. The molecule has 37 heavy (non-hydrogen) atoms. The van der Waals surface area contributed by atoms with Crippen LogP contribution < -0.4 is 10.1 Å². The molecule has 1 fully saturated rings. The summed E-state index contributed by atoms with van der Waals surface area (Å²) < 4.78 is 5.97. The smallest absolute Gasteiger partial charge is 0.181 e. The number of hydrogen-bond acceptors (Lipinski definition) is 7. The van der Waals surface area contributed by atoms with E-state index in [2.05, 4.69) is 42.0 Å². The first-order valence-electron chi connectivity index (χ1n) is 12.2. The van der Waals surface area contributed by atoms with Crippen LogP contribution in [0.3, 0.4) is 0 Å². The molecule has 1 aromatic carbocycles. The van der Waals surface area contributed by atoms with Crippen molar-refractivity contribution < 1.29 is 9.84 Å². The van der Waals surface area contributed by atoms with Crippen LogP contribution in [0.5, 0.6) is 5.75 Å². The van der Waals surface area contributed by atoms with E-state index in [4.69, 9.17) is 21.3 Å². The Bertz CT molecular complexity index is 1300. The van der Waals surface area contributed by atoms with Crippen LogP contribution in [0.25, 0.3) is 17.0 Å².